The van der Waals surface area contributed by atoms with Gasteiger partial charge in [0.25, 0.3) is 0 Å². The zero-order valence-electron chi connectivity index (χ0n) is 74.3. The molecule has 20 aromatic carbocycles. The van der Waals surface area contributed by atoms with Crippen LogP contribution in [0.5, 0.6) is 0 Å². The predicted molar refractivity (Wildman–Crippen MR) is 566 cm³/mol. The molecule has 12 nitrogen and oxygen atoms in total. The lowest BCUT2D eigenvalue weighted by atomic mass is 9.99. The highest BCUT2D eigenvalue weighted by molar-refractivity contribution is 6.29. The van der Waals surface area contributed by atoms with Gasteiger partial charge in [0.05, 0.1) is 66.9 Å². The van der Waals surface area contributed by atoms with Crippen LogP contribution in [0.15, 0.2) is 482 Å². The molecule has 0 aliphatic rings. The Kier molecular flexibility index (Phi) is 18.7. The molecule has 0 fully saturated rings. The second-order valence-electron chi connectivity index (χ2n) is 35.0. The smallest absolute Gasteiger partial charge is 0.166 e. The number of para-hydroxylation sites is 8. The van der Waals surface area contributed by atoms with E-state index in [1.807, 2.05) is 54.6 Å². The Hall–Kier alpha value is -18.8. The Morgan fingerprint density at radius 2 is 0.362 bits per heavy atom. The fourth-order valence-corrected chi connectivity index (χ4v) is 21.0. The molecule has 0 bridgehead atoms. The number of nitrogens with zero attached hydrogens (tertiary/aromatic N) is 10. The Morgan fingerprint density at radius 3 is 0.717 bits per heavy atom. The van der Waals surface area contributed by atoms with E-state index < -0.39 is 0 Å². The van der Waals surface area contributed by atoms with Gasteiger partial charge in [-0.05, 0) is 124 Å². The van der Waals surface area contributed by atoms with Gasteiger partial charge in [-0.2, -0.15) is 0 Å². The molecule has 644 valence electrons. The van der Waals surface area contributed by atoms with Crippen molar-refractivity contribution in [1.29, 1.82) is 0 Å². The van der Waals surface area contributed by atoms with Crippen molar-refractivity contribution >= 4 is 131 Å². The van der Waals surface area contributed by atoms with Crippen molar-refractivity contribution in [3.63, 3.8) is 0 Å². The molecule has 0 amide bonds. The van der Waals surface area contributed by atoms with Gasteiger partial charge in [-0.15, -0.1) is 0 Å². The maximum absolute atomic E-state index is 7.48. The Morgan fingerprint density at radius 1 is 0.138 bits per heavy atom. The van der Waals surface area contributed by atoms with Crippen molar-refractivity contribution < 1.29 is 8.83 Å². The van der Waals surface area contributed by atoms with Gasteiger partial charge in [-0.25, -0.2) is 29.9 Å². The van der Waals surface area contributed by atoms with Crippen LogP contribution in [0.4, 0.5) is 0 Å². The van der Waals surface area contributed by atoms with E-state index in [9.17, 15) is 0 Å². The van der Waals surface area contributed by atoms with Gasteiger partial charge in [0.2, 0.25) is 0 Å². The highest BCUT2D eigenvalue weighted by atomic mass is 16.3. The quantitative estimate of drug-likeness (QED) is 0.105. The van der Waals surface area contributed by atoms with Gasteiger partial charge in [0.1, 0.15) is 0 Å². The van der Waals surface area contributed by atoms with E-state index in [-0.39, 0.29) is 0 Å². The first-order chi connectivity index (χ1) is 68.5. The van der Waals surface area contributed by atoms with Crippen LogP contribution in [-0.2, 0) is 0 Å². The molecule has 28 aromatic rings. The van der Waals surface area contributed by atoms with Crippen LogP contribution < -0.4 is 0 Å². The maximum Gasteiger partial charge on any atom is 0.166 e. The SMILES string of the molecule is c1ccc(-c2cccc(-c3nc(-c4ccccc4)nc(-c4ccccc4-n4c5ccccc5c5ccc6c7ccc8c9ccccc9n(-c9ccccc9-c9ccccc9)c8c7oc6c54)n3)c2)cc1.c1ccc(-c2nc(-c3ccccc3-c3ccccc3)nc(-c3ccccc3-n3c4ccccc4c4ccc5c6ccc7c8ccccc8n(-c8ccccc8-c8ccccc8)c7c6oc5c43)n2)cc1. The molecule has 0 saturated heterocycles. The van der Waals surface area contributed by atoms with Crippen LogP contribution in [0.3, 0.4) is 0 Å². The summed E-state index contributed by atoms with van der Waals surface area (Å²) in [5.74, 6) is 3.55. The monoisotopic (exact) mass is 1760 g/mol. The first-order valence-electron chi connectivity index (χ1n) is 46.6. The molecule has 12 heteroatoms. The summed E-state index contributed by atoms with van der Waals surface area (Å²) in [5.41, 5.74) is 30.1. The molecule has 0 atom stereocenters. The average molecular weight is 1760 g/mol. The number of aromatic nitrogens is 10. The lowest BCUT2D eigenvalue weighted by Crippen LogP contribution is -2.04. The van der Waals surface area contributed by atoms with Crippen molar-refractivity contribution in [1.82, 2.24) is 48.2 Å². The van der Waals surface area contributed by atoms with E-state index >= 15 is 0 Å². The van der Waals surface area contributed by atoms with Gasteiger partial charge in [-0.1, -0.05) is 382 Å². The molecule has 0 aliphatic carbocycles. The molecule has 28 rings (SSSR count). The van der Waals surface area contributed by atoms with Crippen LogP contribution in [0, 0.1) is 0 Å². The lowest BCUT2D eigenvalue weighted by Gasteiger charge is -2.15. The summed E-state index contributed by atoms with van der Waals surface area (Å²) >= 11 is 0. The largest absolute Gasteiger partial charge is 0.452 e. The van der Waals surface area contributed by atoms with Crippen LogP contribution in [-0.4, -0.2) is 48.2 Å². The first kappa shape index (κ1) is 79.0. The standard InChI is InChI=1S/2C63H39N5O/c1-4-19-40(20-5-1)43-25-18-26-44(39-43)62-64-61(42-23-8-3-9-24-42)65-63(66-62)52-30-13-17-34-56(52)68-55-33-16-12-29-47(55)49-36-38-51-50-37-35-48-46-28-11-15-32-54(46)67(57(48)59(50)69-60(51)58(49)68)53-31-14-10-27-45(53)41-21-6-2-7-22-41;1-4-20-40(21-5-1)43-26-10-11-30-51(43)62-64-61(42-24-8-3-9-25-42)65-63(66-62)52-31-15-19-35-56(52)68-55-34-18-14-29-46(55)48-37-39-50-49-38-36-47-45-28-13-17-33-54(45)67(57(47)59(49)69-60(50)58(48)68)53-32-16-12-27-44(53)41-22-6-2-7-23-41/h2*1-39H. The van der Waals surface area contributed by atoms with Gasteiger partial charge in [-0.3, -0.25) is 0 Å². The second-order valence-corrected chi connectivity index (χ2v) is 35.0. The number of hydrogen-bond acceptors (Lipinski definition) is 8. The second kappa shape index (κ2) is 32.6. The molecule has 138 heavy (non-hydrogen) atoms. The van der Waals surface area contributed by atoms with E-state index in [2.05, 4.69) is 437 Å². The van der Waals surface area contributed by atoms with E-state index in [1.165, 1.54) is 10.8 Å². The molecule has 0 spiro atoms. The summed E-state index contributed by atoms with van der Waals surface area (Å²) in [7, 11) is 0. The summed E-state index contributed by atoms with van der Waals surface area (Å²) in [4.78, 5) is 31.6. The van der Waals surface area contributed by atoms with Crippen molar-refractivity contribution in [3.8, 4) is 136 Å². The molecule has 0 unspecified atom stereocenters. The Labute approximate surface area is 791 Å². The van der Waals surface area contributed by atoms with Crippen molar-refractivity contribution in [2.45, 2.75) is 0 Å². The zero-order valence-corrected chi connectivity index (χ0v) is 74.3. The van der Waals surface area contributed by atoms with E-state index in [0.717, 1.165) is 221 Å². The fourth-order valence-electron chi connectivity index (χ4n) is 21.0. The first-order valence-corrected chi connectivity index (χ1v) is 46.6. The molecule has 0 radical (unpaired) electrons. The summed E-state index contributed by atoms with van der Waals surface area (Å²) in [5, 5.41) is 13.2. The highest BCUT2D eigenvalue weighted by Gasteiger charge is 2.30. The van der Waals surface area contributed by atoms with E-state index in [0.29, 0.717) is 34.9 Å². The number of fused-ring (bicyclic) bond motifs is 22. The molecule has 0 aliphatic heterocycles. The average Bonchev–Trinajstić information content (AvgIpc) is 1.54. The van der Waals surface area contributed by atoms with E-state index in [4.69, 9.17) is 38.7 Å². The summed E-state index contributed by atoms with van der Waals surface area (Å²) in [6.07, 6.45) is 0. The minimum Gasteiger partial charge on any atom is -0.452 e. The van der Waals surface area contributed by atoms with Gasteiger partial charge in [0, 0.05) is 109 Å². The van der Waals surface area contributed by atoms with Crippen molar-refractivity contribution in [3.05, 3.63) is 473 Å². The van der Waals surface area contributed by atoms with Crippen molar-refractivity contribution in [2.24, 2.45) is 0 Å². The van der Waals surface area contributed by atoms with Crippen LogP contribution in [0.25, 0.3) is 267 Å². The summed E-state index contributed by atoms with van der Waals surface area (Å²) < 4.78 is 24.5. The van der Waals surface area contributed by atoms with Crippen molar-refractivity contribution in [2.75, 3.05) is 0 Å². The molecule has 0 saturated carbocycles. The Balaban J connectivity index is 0.000000139. The van der Waals surface area contributed by atoms with E-state index in [1.54, 1.807) is 0 Å². The molecular weight excluding hydrogens is 1690 g/mol. The summed E-state index contributed by atoms with van der Waals surface area (Å²) in [6, 6.07) is 166. The van der Waals surface area contributed by atoms with Crippen LogP contribution >= 0.6 is 0 Å². The third-order valence-electron chi connectivity index (χ3n) is 27.2. The molecule has 8 heterocycles. The minimum atomic E-state index is 0.573. The van der Waals surface area contributed by atoms with Gasteiger partial charge >= 0.3 is 0 Å². The number of rotatable bonds is 14. The molecule has 8 aromatic heterocycles. The van der Waals surface area contributed by atoms with Gasteiger partial charge in [0.15, 0.2) is 57.3 Å². The zero-order chi connectivity index (χ0) is 90.8. The topological polar surface area (TPSA) is 123 Å². The Bertz CT molecular complexity index is 9720. The predicted octanol–water partition coefficient (Wildman–Crippen LogP) is 32.6. The van der Waals surface area contributed by atoms with Crippen LogP contribution in [0.2, 0.25) is 0 Å². The van der Waals surface area contributed by atoms with Gasteiger partial charge < -0.3 is 27.1 Å². The number of benzene rings is 20. The highest BCUT2D eigenvalue weighted by Crippen LogP contribution is 2.51. The fraction of sp³-hybridized carbons (Fsp3) is 0. The summed E-state index contributed by atoms with van der Waals surface area (Å²) in [6.45, 7) is 0. The molecular formula is C126H78N10O2. The normalized spacial score (nSPS) is 11.8. The lowest BCUT2D eigenvalue weighted by molar-refractivity contribution is 0.673. The maximum atomic E-state index is 7.48. The number of furan rings is 2. The third-order valence-corrected chi connectivity index (χ3v) is 27.2. The van der Waals surface area contributed by atoms with Crippen LogP contribution in [0.1, 0.15) is 0 Å². The number of hydrogen-bond donors (Lipinski definition) is 0. The molecule has 0 N–H and O–H groups in total. The minimum absolute atomic E-state index is 0.573. The third kappa shape index (κ3) is 12.9.